The molecular formula is C15H16O2. The van der Waals surface area contributed by atoms with Gasteiger partial charge in [0.25, 0.3) is 0 Å². The van der Waals surface area contributed by atoms with E-state index >= 15 is 0 Å². The Morgan fingerprint density at radius 2 is 1.71 bits per heavy atom. The first-order valence-corrected chi connectivity index (χ1v) is 6.67. The van der Waals surface area contributed by atoms with Crippen molar-refractivity contribution in [2.45, 2.75) is 31.6 Å². The van der Waals surface area contributed by atoms with Crippen molar-refractivity contribution in [3.63, 3.8) is 0 Å². The van der Waals surface area contributed by atoms with Crippen LogP contribution < -0.4 is 4.74 Å². The fourth-order valence-corrected chi connectivity index (χ4v) is 4.24. The Kier molecular flexibility index (Phi) is 1.91. The van der Waals surface area contributed by atoms with Crippen LogP contribution in [0, 0.1) is 17.8 Å². The van der Waals surface area contributed by atoms with Gasteiger partial charge in [0.15, 0.2) is 0 Å². The van der Waals surface area contributed by atoms with Gasteiger partial charge in [-0.1, -0.05) is 31.0 Å². The Hall–Kier alpha value is -1.31. The maximum Gasteiger partial charge on any atom is 0.315 e. The molecule has 2 fully saturated rings. The predicted molar refractivity (Wildman–Crippen MR) is 63.8 cm³/mol. The highest BCUT2D eigenvalue weighted by Gasteiger charge is 2.57. The third-order valence-electron chi connectivity index (χ3n) is 4.95. The molecule has 0 N–H and O–H groups in total. The third kappa shape index (κ3) is 1.18. The number of carbonyl (C=O) groups excluding carboxylic acids is 1. The summed E-state index contributed by atoms with van der Waals surface area (Å²) in [7, 11) is 0. The van der Waals surface area contributed by atoms with Crippen LogP contribution in [0.1, 0.15) is 37.2 Å². The summed E-state index contributed by atoms with van der Waals surface area (Å²) in [5.41, 5.74) is 1.28. The molecule has 0 radical (unpaired) electrons. The highest BCUT2D eigenvalue weighted by atomic mass is 16.5. The van der Waals surface area contributed by atoms with E-state index in [2.05, 4.69) is 12.1 Å². The number of ether oxygens (including phenoxy) is 1. The first-order chi connectivity index (χ1) is 8.36. The predicted octanol–water partition coefficient (Wildman–Crippen LogP) is 3.13. The van der Waals surface area contributed by atoms with E-state index in [4.69, 9.17) is 4.74 Å². The first kappa shape index (κ1) is 9.69. The Morgan fingerprint density at radius 1 is 1.00 bits per heavy atom. The van der Waals surface area contributed by atoms with E-state index in [1.54, 1.807) is 0 Å². The molecule has 0 amide bonds. The topological polar surface area (TPSA) is 26.3 Å². The van der Waals surface area contributed by atoms with Gasteiger partial charge in [0.2, 0.25) is 0 Å². The molecule has 1 aromatic rings. The van der Waals surface area contributed by atoms with E-state index < -0.39 is 0 Å². The van der Waals surface area contributed by atoms with Crippen LogP contribution in [-0.4, -0.2) is 5.97 Å². The first-order valence-electron chi connectivity index (χ1n) is 6.67. The molecule has 2 saturated carbocycles. The number of para-hydroxylation sites is 1. The Labute approximate surface area is 101 Å². The zero-order valence-corrected chi connectivity index (χ0v) is 9.76. The minimum Gasteiger partial charge on any atom is -0.426 e. The van der Waals surface area contributed by atoms with Crippen molar-refractivity contribution < 1.29 is 9.53 Å². The largest absolute Gasteiger partial charge is 0.426 e. The molecule has 1 aliphatic heterocycles. The molecule has 4 unspecified atom stereocenters. The zero-order chi connectivity index (χ0) is 11.4. The van der Waals surface area contributed by atoms with Gasteiger partial charge in [-0.25, -0.2) is 0 Å². The van der Waals surface area contributed by atoms with E-state index in [0.717, 1.165) is 11.7 Å². The van der Waals surface area contributed by atoms with Crippen LogP contribution in [0.3, 0.4) is 0 Å². The number of hydrogen-bond donors (Lipinski definition) is 0. The Bertz CT molecular complexity index is 480. The van der Waals surface area contributed by atoms with E-state index in [0.29, 0.717) is 11.8 Å². The molecule has 2 aliphatic carbocycles. The number of fused-ring (bicyclic) bond motifs is 6. The fraction of sp³-hybridized carbons (Fsp3) is 0.533. The smallest absolute Gasteiger partial charge is 0.315 e. The van der Waals surface area contributed by atoms with Crippen LogP contribution in [0.2, 0.25) is 0 Å². The molecule has 0 bridgehead atoms. The molecule has 88 valence electrons. The van der Waals surface area contributed by atoms with Crippen molar-refractivity contribution in [3.05, 3.63) is 29.8 Å². The molecule has 0 aromatic heterocycles. The van der Waals surface area contributed by atoms with Gasteiger partial charge in [0, 0.05) is 5.92 Å². The van der Waals surface area contributed by atoms with Gasteiger partial charge in [-0.2, -0.15) is 0 Å². The van der Waals surface area contributed by atoms with Crippen LogP contribution in [0.4, 0.5) is 0 Å². The summed E-state index contributed by atoms with van der Waals surface area (Å²) in [5, 5.41) is 0. The van der Waals surface area contributed by atoms with Gasteiger partial charge in [-0.3, -0.25) is 4.79 Å². The molecule has 3 aliphatic rings. The van der Waals surface area contributed by atoms with Gasteiger partial charge in [-0.15, -0.1) is 0 Å². The summed E-state index contributed by atoms with van der Waals surface area (Å²) in [6.07, 6.45) is 5.15. The van der Waals surface area contributed by atoms with Crippen molar-refractivity contribution in [1.29, 1.82) is 0 Å². The van der Waals surface area contributed by atoms with Gasteiger partial charge in [0.05, 0.1) is 5.92 Å². The van der Waals surface area contributed by atoms with Crippen LogP contribution >= 0.6 is 0 Å². The van der Waals surface area contributed by atoms with E-state index in [1.807, 2.05) is 12.1 Å². The molecule has 0 spiro atoms. The lowest BCUT2D eigenvalue weighted by Gasteiger charge is -2.55. The Morgan fingerprint density at radius 3 is 2.53 bits per heavy atom. The molecule has 0 saturated heterocycles. The van der Waals surface area contributed by atoms with E-state index in [-0.39, 0.29) is 11.9 Å². The van der Waals surface area contributed by atoms with Crippen molar-refractivity contribution >= 4 is 5.97 Å². The number of rotatable bonds is 0. The number of benzene rings is 1. The van der Waals surface area contributed by atoms with Crippen molar-refractivity contribution in [2.75, 3.05) is 0 Å². The average molecular weight is 228 g/mol. The second-order valence-corrected chi connectivity index (χ2v) is 5.62. The molecular weight excluding hydrogens is 212 g/mol. The maximum absolute atomic E-state index is 12.1. The lowest BCUT2D eigenvalue weighted by atomic mass is 9.49. The lowest BCUT2D eigenvalue weighted by molar-refractivity contribution is -0.156. The summed E-state index contributed by atoms with van der Waals surface area (Å²) in [5.74, 6) is 2.80. The highest BCUT2D eigenvalue weighted by molar-refractivity contribution is 5.81. The second-order valence-electron chi connectivity index (χ2n) is 5.62. The molecule has 1 aromatic carbocycles. The lowest BCUT2D eigenvalue weighted by Crippen LogP contribution is -2.53. The molecule has 4 atom stereocenters. The van der Waals surface area contributed by atoms with E-state index in [9.17, 15) is 4.79 Å². The third-order valence-corrected chi connectivity index (χ3v) is 4.95. The van der Waals surface area contributed by atoms with Crippen LogP contribution in [0.25, 0.3) is 0 Å². The standard InChI is InChI=1S/C15H16O2/c16-15-14-10-6-2-1-5-9(10)13(14)11-7-3-4-8-12(11)17-15/h3-4,7-10,13-14H,1-2,5-6H2. The van der Waals surface area contributed by atoms with Gasteiger partial charge in [-0.05, 0) is 36.3 Å². The SMILES string of the molecule is O=C1Oc2ccccc2C2C3CCCCC3C12. The highest BCUT2D eigenvalue weighted by Crippen LogP contribution is 2.61. The second kappa shape index (κ2) is 3.34. The van der Waals surface area contributed by atoms with Crippen molar-refractivity contribution in [1.82, 2.24) is 0 Å². The van der Waals surface area contributed by atoms with E-state index in [1.165, 1.54) is 31.2 Å². The van der Waals surface area contributed by atoms with Gasteiger partial charge in [0.1, 0.15) is 5.75 Å². The number of esters is 1. The van der Waals surface area contributed by atoms with Crippen LogP contribution in [0.5, 0.6) is 5.75 Å². The maximum atomic E-state index is 12.1. The normalized spacial score (nSPS) is 38.2. The zero-order valence-electron chi connectivity index (χ0n) is 9.76. The van der Waals surface area contributed by atoms with Crippen LogP contribution in [0.15, 0.2) is 24.3 Å². The summed E-state index contributed by atoms with van der Waals surface area (Å²) < 4.78 is 5.48. The molecule has 2 heteroatoms. The quantitative estimate of drug-likeness (QED) is 0.503. The summed E-state index contributed by atoms with van der Waals surface area (Å²) >= 11 is 0. The van der Waals surface area contributed by atoms with Crippen molar-refractivity contribution in [3.8, 4) is 5.75 Å². The summed E-state index contributed by atoms with van der Waals surface area (Å²) in [6, 6.07) is 8.08. The fourth-order valence-electron chi connectivity index (χ4n) is 4.24. The number of carbonyl (C=O) groups is 1. The molecule has 4 rings (SSSR count). The Balaban J connectivity index is 1.78. The van der Waals surface area contributed by atoms with Crippen molar-refractivity contribution in [2.24, 2.45) is 17.8 Å². The molecule has 1 heterocycles. The minimum absolute atomic E-state index is 0.0249. The monoisotopic (exact) mass is 228 g/mol. The summed E-state index contributed by atoms with van der Waals surface area (Å²) in [4.78, 5) is 12.1. The minimum atomic E-state index is 0.0249. The molecule has 2 nitrogen and oxygen atoms in total. The summed E-state index contributed by atoms with van der Waals surface area (Å²) in [6.45, 7) is 0. The van der Waals surface area contributed by atoms with Gasteiger partial charge >= 0.3 is 5.97 Å². The molecule has 17 heavy (non-hydrogen) atoms. The van der Waals surface area contributed by atoms with Crippen LogP contribution in [-0.2, 0) is 4.79 Å². The van der Waals surface area contributed by atoms with Gasteiger partial charge < -0.3 is 4.74 Å². The average Bonchev–Trinajstić information content (AvgIpc) is 2.33. The number of hydrogen-bond acceptors (Lipinski definition) is 2.